The number of ether oxygens (including phenoxy) is 1. The molecule has 0 fully saturated rings. The van der Waals surface area contributed by atoms with Gasteiger partial charge in [0.25, 0.3) is 0 Å². The van der Waals surface area contributed by atoms with Crippen LogP contribution in [0.25, 0.3) is 42.9 Å². The van der Waals surface area contributed by atoms with E-state index in [1.54, 1.807) is 11.3 Å². The molecule has 0 saturated heterocycles. The number of nitrogens with zero attached hydrogens (tertiary/aromatic N) is 1. The van der Waals surface area contributed by atoms with Crippen molar-refractivity contribution in [3.63, 3.8) is 0 Å². The van der Waals surface area contributed by atoms with Crippen molar-refractivity contribution in [3.05, 3.63) is 77.0 Å². The van der Waals surface area contributed by atoms with Gasteiger partial charge >= 0.3 is 0 Å². The number of thiophene rings is 1. The number of hydrogen-bond acceptors (Lipinski definition) is 5. The van der Waals surface area contributed by atoms with Crippen LogP contribution in [0.5, 0.6) is 11.5 Å². The van der Waals surface area contributed by atoms with Crippen LogP contribution in [0.15, 0.2) is 60.5 Å². The predicted molar refractivity (Wildman–Crippen MR) is 172 cm³/mol. The van der Waals surface area contributed by atoms with Gasteiger partial charge in [-0.1, -0.05) is 62.9 Å². The van der Waals surface area contributed by atoms with Gasteiger partial charge in [-0.05, 0) is 66.8 Å². The molecule has 0 bridgehead atoms. The molecule has 0 saturated carbocycles. The van der Waals surface area contributed by atoms with Crippen molar-refractivity contribution in [3.8, 4) is 22.6 Å². The molecule has 2 aromatic heterocycles. The van der Waals surface area contributed by atoms with E-state index >= 15 is 0 Å². The number of carbonyl (C=O) groups excluding carboxylic acids is 1. The number of carbonyl (C=O) groups is 1. The second-order valence-corrected chi connectivity index (χ2v) is 12.0. The molecule has 4 nitrogen and oxygen atoms in total. The normalized spacial score (nSPS) is 12.2. The molecule has 6 heteroatoms. The Morgan fingerprint density at radius 3 is 2.36 bits per heavy atom. The number of aryl methyl sites for hydroxylation is 2. The minimum absolute atomic E-state index is 0. The molecule has 1 N–H and O–H groups in total. The van der Waals surface area contributed by atoms with Crippen LogP contribution in [0.2, 0.25) is 0 Å². The second kappa shape index (κ2) is 13.5. The van der Waals surface area contributed by atoms with Crippen LogP contribution in [0.1, 0.15) is 63.8 Å². The molecular formula is C36H38IrNO3S-. The molecule has 1 radical (unpaired) electrons. The van der Waals surface area contributed by atoms with Crippen LogP contribution in [0, 0.1) is 31.7 Å². The molecule has 6 rings (SSSR count). The van der Waals surface area contributed by atoms with Gasteiger partial charge in [0.05, 0.1) is 5.76 Å². The molecule has 221 valence electrons. The minimum atomic E-state index is 0. The summed E-state index contributed by atoms with van der Waals surface area (Å²) in [5.74, 6) is 2.33. The maximum Gasteiger partial charge on any atom is 0.162 e. The van der Waals surface area contributed by atoms with Gasteiger partial charge < -0.3 is 14.8 Å². The first kappa shape index (κ1) is 31.9. The van der Waals surface area contributed by atoms with Gasteiger partial charge in [0.2, 0.25) is 0 Å². The van der Waals surface area contributed by atoms with E-state index in [0.717, 1.165) is 64.4 Å². The van der Waals surface area contributed by atoms with Gasteiger partial charge in [-0.15, -0.1) is 22.9 Å². The van der Waals surface area contributed by atoms with E-state index in [1.807, 2.05) is 52.1 Å². The van der Waals surface area contributed by atoms with Crippen LogP contribution >= 0.6 is 11.3 Å². The van der Waals surface area contributed by atoms with Gasteiger partial charge in [-0.3, -0.25) is 4.79 Å². The fourth-order valence-electron chi connectivity index (χ4n) is 5.73. The third-order valence-electron chi connectivity index (χ3n) is 8.46. The average Bonchev–Trinajstić information content (AvgIpc) is 3.26. The molecule has 1 aliphatic rings. The van der Waals surface area contributed by atoms with Crippen molar-refractivity contribution in [1.29, 1.82) is 0 Å². The summed E-state index contributed by atoms with van der Waals surface area (Å²) in [6.07, 6.45) is 6.80. The average molecular weight is 757 g/mol. The zero-order chi connectivity index (χ0) is 29.3. The van der Waals surface area contributed by atoms with Crippen molar-refractivity contribution in [2.45, 2.75) is 67.2 Å². The van der Waals surface area contributed by atoms with E-state index in [4.69, 9.17) is 9.72 Å². The van der Waals surface area contributed by atoms with Crippen LogP contribution in [-0.2, 0) is 24.9 Å². The number of ketones is 1. The van der Waals surface area contributed by atoms with Gasteiger partial charge in [0, 0.05) is 60.7 Å². The molecule has 0 spiro atoms. The molecule has 3 aromatic carbocycles. The van der Waals surface area contributed by atoms with Crippen LogP contribution < -0.4 is 4.74 Å². The summed E-state index contributed by atoms with van der Waals surface area (Å²) < 4.78 is 7.45. The number of fused-ring (bicyclic) bond motifs is 5. The van der Waals surface area contributed by atoms with Crippen LogP contribution in [0.3, 0.4) is 0 Å². The van der Waals surface area contributed by atoms with Gasteiger partial charge in [0.1, 0.15) is 11.5 Å². The number of benzene rings is 3. The number of aliphatic hydroxyl groups excluding tert-OH is 1. The Labute approximate surface area is 266 Å². The zero-order valence-corrected chi connectivity index (χ0v) is 28.3. The van der Waals surface area contributed by atoms with Crippen molar-refractivity contribution in [2.24, 2.45) is 11.8 Å². The summed E-state index contributed by atoms with van der Waals surface area (Å²) in [5, 5.41) is 14.3. The Hall–Kier alpha value is -3.05. The molecule has 1 aliphatic heterocycles. The van der Waals surface area contributed by atoms with E-state index in [0.29, 0.717) is 0 Å². The topological polar surface area (TPSA) is 59.4 Å². The summed E-state index contributed by atoms with van der Waals surface area (Å²) in [6, 6.07) is 18.3. The van der Waals surface area contributed by atoms with Crippen LogP contribution in [-0.4, -0.2) is 15.9 Å². The quantitative estimate of drug-likeness (QED) is 0.0763. The third-order valence-corrected chi connectivity index (χ3v) is 9.60. The van der Waals surface area contributed by atoms with E-state index < -0.39 is 0 Å². The van der Waals surface area contributed by atoms with Crippen molar-refractivity contribution in [2.75, 3.05) is 0 Å². The number of aliphatic hydroxyl groups is 1. The molecule has 3 heterocycles. The molecule has 0 aliphatic carbocycles. The number of para-hydroxylation sites is 1. The predicted octanol–water partition coefficient (Wildman–Crippen LogP) is 10.7. The standard InChI is InChI=1S/C23H14NOS.C13H24O2.Ir/c1-12-13(2)26-21-11-18-14(9-17(12)21)10-20-22-16(7-8-24-23(18)22)15-5-3-4-6-19(15)25-20;1-5-10(6-2)12(14)9-13(15)11(7-3)8-4;/h3-10H,1-2H3;9-11,14H,5-8H2,1-4H3;/q-1;;/b;12-9-;. The second-order valence-electron chi connectivity index (χ2n) is 10.8. The Morgan fingerprint density at radius 1 is 0.976 bits per heavy atom. The van der Waals surface area contributed by atoms with Gasteiger partial charge in [0.15, 0.2) is 5.78 Å². The smallest absolute Gasteiger partial charge is 0.162 e. The van der Waals surface area contributed by atoms with Crippen molar-refractivity contribution < 1.29 is 34.7 Å². The SMILES string of the molecule is CCC(CC)C(=O)/C=C(\O)C(CC)CC.Cc1sc2[c-]c3c(cc4c5c(ccnc53)-c3ccccc3O4)cc2c1C.[Ir]. The van der Waals surface area contributed by atoms with Crippen molar-refractivity contribution >= 4 is 48.9 Å². The first-order chi connectivity index (χ1) is 19.8. The minimum Gasteiger partial charge on any atom is -0.512 e. The summed E-state index contributed by atoms with van der Waals surface area (Å²) in [6.45, 7) is 12.4. The third kappa shape index (κ3) is 5.90. The molecular weight excluding hydrogens is 719 g/mol. The maximum atomic E-state index is 11.7. The Morgan fingerprint density at radius 2 is 1.67 bits per heavy atom. The van der Waals surface area contributed by atoms with E-state index in [-0.39, 0.29) is 43.5 Å². The fraction of sp³-hybridized carbons (Fsp3) is 0.333. The largest absolute Gasteiger partial charge is 0.512 e. The Balaban J connectivity index is 0.000000221. The summed E-state index contributed by atoms with van der Waals surface area (Å²) in [4.78, 5) is 17.8. The molecule has 0 unspecified atom stereocenters. The Kier molecular flexibility index (Phi) is 10.2. The van der Waals surface area contributed by atoms with E-state index in [2.05, 4.69) is 44.2 Å². The number of aromatic nitrogens is 1. The summed E-state index contributed by atoms with van der Waals surface area (Å²) >= 11 is 1.80. The summed E-state index contributed by atoms with van der Waals surface area (Å²) in [7, 11) is 0. The monoisotopic (exact) mass is 757 g/mol. The molecule has 0 amide bonds. The number of rotatable bonds is 7. The number of allylic oxidation sites excluding steroid dienone is 2. The molecule has 5 aromatic rings. The van der Waals surface area contributed by atoms with E-state index in [1.165, 1.54) is 32.2 Å². The zero-order valence-electron chi connectivity index (χ0n) is 25.1. The molecule has 0 atom stereocenters. The maximum absolute atomic E-state index is 11.7. The first-order valence-corrected chi connectivity index (χ1v) is 15.5. The van der Waals surface area contributed by atoms with Crippen molar-refractivity contribution in [1.82, 2.24) is 4.98 Å². The van der Waals surface area contributed by atoms with E-state index in [9.17, 15) is 9.90 Å². The van der Waals surface area contributed by atoms with Crippen LogP contribution in [0.4, 0.5) is 0 Å². The first-order valence-electron chi connectivity index (χ1n) is 14.7. The van der Waals surface area contributed by atoms with Gasteiger partial charge in [-0.2, -0.15) is 11.3 Å². The van der Waals surface area contributed by atoms with Gasteiger partial charge in [-0.25, -0.2) is 0 Å². The summed E-state index contributed by atoms with van der Waals surface area (Å²) in [5.41, 5.74) is 4.61. The Bertz CT molecular complexity index is 1780. The number of hydrogen-bond donors (Lipinski definition) is 1. The fourth-order valence-corrected chi connectivity index (χ4v) is 6.77. The number of pyridine rings is 1. The molecule has 42 heavy (non-hydrogen) atoms.